The molecule has 4 heterocycles. The van der Waals surface area contributed by atoms with Gasteiger partial charge in [0.1, 0.15) is 49.6 Å². The predicted octanol–water partition coefficient (Wildman–Crippen LogP) is -3.67. The number of fused-ring (bicyclic) bond motifs is 1. The van der Waals surface area contributed by atoms with Gasteiger partial charge in [-0.2, -0.15) is 4.31 Å². The van der Waals surface area contributed by atoms with Crippen LogP contribution in [0.1, 0.15) is 19.4 Å². The number of anilines is 1. The fraction of sp³-hybridized carbons (Fsp3) is 0.647. The van der Waals surface area contributed by atoms with E-state index in [0.717, 1.165) is 12.7 Å². The van der Waals surface area contributed by atoms with Crippen molar-refractivity contribution in [1.82, 2.24) is 14.5 Å². The highest BCUT2D eigenvalue weighted by molar-refractivity contribution is 7.60. The van der Waals surface area contributed by atoms with Gasteiger partial charge in [-0.3, -0.25) is 13.9 Å². The number of rotatable bonds is 9. The molecule has 2 aromatic heterocycles. The molecule has 2 saturated heterocycles. The van der Waals surface area contributed by atoms with E-state index in [-0.39, 0.29) is 23.6 Å². The Morgan fingerprint density at radius 3 is 2.33 bits per heavy atom. The number of nitrogens with two attached hydrogens (primary N) is 1. The second kappa shape index (κ2) is 11.0. The third-order valence-corrected chi connectivity index (χ3v) is 8.03. The normalized spacial score (nSPS) is 32.9. The second-order valence-corrected chi connectivity index (χ2v) is 11.4. The fourth-order valence-corrected chi connectivity index (χ4v) is 5.67. The first kappa shape index (κ1) is 29.8. The minimum atomic E-state index is -5.37. The Morgan fingerprint density at radius 1 is 1.05 bits per heavy atom. The van der Waals surface area contributed by atoms with Crippen LogP contribution >= 0.6 is 15.6 Å². The summed E-state index contributed by atoms with van der Waals surface area (Å²) in [6.45, 7) is -0.0596. The SMILES string of the molecule is CC(=O)OC[C@@H]1OC([n+]2cnc3c(ncn3C3O[C@H](COP(=O)(O)OP(=O)(O)O)[C@@H](O)[C@H]3O)c2N)[C@@H](O)[C@H]1O. The summed E-state index contributed by atoms with van der Waals surface area (Å²) in [5, 5.41) is 41.6. The van der Waals surface area contributed by atoms with Crippen molar-refractivity contribution in [2.45, 2.75) is 56.0 Å². The van der Waals surface area contributed by atoms with E-state index in [9.17, 15) is 39.2 Å². The number of phosphoric ester groups is 1. The summed E-state index contributed by atoms with van der Waals surface area (Å²) < 4.78 is 48.9. The molecule has 0 aliphatic carbocycles. The summed E-state index contributed by atoms with van der Waals surface area (Å²) in [6.07, 6.45) is -9.05. The topological polar surface area (TPSA) is 300 Å². The molecule has 9 N–H and O–H groups in total. The number of phosphoric acid groups is 2. The van der Waals surface area contributed by atoms with Crippen LogP contribution in [0.5, 0.6) is 0 Å². The van der Waals surface area contributed by atoms with Gasteiger partial charge in [-0.1, -0.05) is 4.98 Å². The van der Waals surface area contributed by atoms with Gasteiger partial charge >= 0.3 is 21.6 Å². The largest absolute Gasteiger partial charge is 0.481 e. The molecule has 0 spiro atoms. The number of carbonyl (C=O) groups excluding carboxylic acids is 1. The molecule has 20 nitrogen and oxygen atoms in total. The second-order valence-electron chi connectivity index (χ2n) is 8.59. The van der Waals surface area contributed by atoms with Crippen molar-refractivity contribution in [1.29, 1.82) is 0 Å². The van der Waals surface area contributed by atoms with Crippen LogP contribution in [0.15, 0.2) is 12.7 Å². The van der Waals surface area contributed by atoms with E-state index in [2.05, 4.69) is 18.8 Å². The van der Waals surface area contributed by atoms with Gasteiger partial charge in [0.15, 0.2) is 11.7 Å². The highest BCUT2D eigenvalue weighted by atomic mass is 31.3. The van der Waals surface area contributed by atoms with Gasteiger partial charge in [0, 0.05) is 6.92 Å². The number of imidazole rings is 1. The summed E-state index contributed by atoms with van der Waals surface area (Å²) >= 11 is 0. The number of nitrogens with zero attached hydrogens (tertiary/aromatic N) is 4. The van der Waals surface area contributed by atoms with Crippen molar-refractivity contribution in [3.63, 3.8) is 0 Å². The highest BCUT2D eigenvalue weighted by Gasteiger charge is 2.48. The molecule has 4 rings (SSSR count). The Labute approximate surface area is 217 Å². The number of ether oxygens (including phenoxy) is 3. The third-order valence-electron chi connectivity index (χ3n) is 5.88. The lowest BCUT2D eigenvalue weighted by atomic mass is 10.1. The lowest BCUT2D eigenvalue weighted by Gasteiger charge is -2.17. The molecule has 0 aromatic carbocycles. The predicted molar refractivity (Wildman–Crippen MR) is 120 cm³/mol. The van der Waals surface area contributed by atoms with Crippen molar-refractivity contribution in [2.24, 2.45) is 0 Å². The minimum Gasteiger partial charge on any atom is -0.463 e. The van der Waals surface area contributed by atoms with E-state index >= 15 is 0 Å². The zero-order valence-electron chi connectivity index (χ0n) is 19.8. The summed E-state index contributed by atoms with van der Waals surface area (Å²) in [4.78, 5) is 46.2. The lowest BCUT2D eigenvalue weighted by molar-refractivity contribution is -0.755. The van der Waals surface area contributed by atoms with Crippen molar-refractivity contribution < 1.29 is 76.6 Å². The van der Waals surface area contributed by atoms with Crippen LogP contribution in [-0.2, 0) is 37.0 Å². The Bertz CT molecular complexity index is 1320. The quantitative estimate of drug-likeness (QED) is 0.0778. The van der Waals surface area contributed by atoms with Gasteiger partial charge in [-0.15, -0.1) is 0 Å². The van der Waals surface area contributed by atoms with Crippen molar-refractivity contribution in [3.8, 4) is 0 Å². The molecule has 2 aromatic rings. The van der Waals surface area contributed by atoms with Gasteiger partial charge in [-0.25, -0.2) is 18.7 Å². The molecule has 0 bridgehead atoms. The van der Waals surface area contributed by atoms with Gasteiger partial charge < -0.3 is 55.1 Å². The average molecular weight is 602 g/mol. The summed E-state index contributed by atoms with van der Waals surface area (Å²) in [6, 6.07) is 0. The van der Waals surface area contributed by atoms with Gasteiger partial charge in [0.05, 0.1) is 6.61 Å². The first-order valence-electron chi connectivity index (χ1n) is 11.0. The van der Waals surface area contributed by atoms with Crippen LogP contribution in [0.4, 0.5) is 5.82 Å². The lowest BCUT2D eigenvalue weighted by Crippen LogP contribution is -2.48. The molecule has 0 radical (unpaired) electrons. The number of nitrogen functional groups attached to an aromatic ring is 1. The number of aliphatic hydroxyl groups excluding tert-OH is 4. The Kier molecular flexibility index (Phi) is 8.42. The van der Waals surface area contributed by atoms with Crippen LogP contribution < -0.4 is 10.3 Å². The standard InChI is InChI=1S/C17H25N5O15P2/c1-6(23)33-2-7-10(24)12(26)16(35-7)21-5-20-15-9(14(21)18)19-4-22(15)17-13(27)11(25)8(36-17)3-34-39(31,32)37-38(28,29)30/h4-5,7-8,10-13,16-18,24-27H,2-3H2,1H3,(H3,28,29,30,31,32)/p+1/t7-,8+,10-,11+,12-,13+,16?,17?/m0/s1. The summed E-state index contributed by atoms with van der Waals surface area (Å²) in [5.41, 5.74) is 6.27. The van der Waals surface area contributed by atoms with Gasteiger partial charge in [-0.05, 0) is 0 Å². The molecular weight excluding hydrogens is 576 g/mol. The third kappa shape index (κ3) is 6.28. The molecule has 0 amide bonds. The molecule has 22 heteroatoms. The summed E-state index contributed by atoms with van der Waals surface area (Å²) in [5.74, 6) is -0.702. The maximum Gasteiger partial charge on any atom is 0.481 e. The summed E-state index contributed by atoms with van der Waals surface area (Å²) in [7, 11) is -10.6. The number of hydrogen-bond acceptors (Lipinski definition) is 15. The molecule has 2 fully saturated rings. The van der Waals surface area contributed by atoms with E-state index < -0.39 is 77.3 Å². The number of aromatic nitrogens is 4. The zero-order valence-corrected chi connectivity index (χ0v) is 21.6. The van der Waals surface area contributed by atoms with Crippen LogP contribution in [0.2, 0.25) is 0 Å². The minimum absolute atomic E-state index is 0.0312. The average Bonchev–Trinajstić information content (AvgIpc) is 3.46. The van der Waals surface area contributed by atoms with Crippen molar-refractivity contribution in [3.05, 3.63) is 12.7 Å². The molecule has 3 unspecified atom stereocenters. The Morgan fingerprint density at radius 2 is 1.69 bits per heavy atom. The molecule has 9 atom stereocenters. The van der Waals surface area contributed by atoms with Crippen molar-refractivity contribution >= 4 is 38.6 Å². The smallest absolute Gasteiger partial charge is 0.463 e. The van der Waals surface area contributed by atoms with Crippen LogP contribution in [0.3, 0.4) is 0 Å². The number of carbonyl (C=O) groups is 1. The van der Waals surface area contributed by atoms with Gasteiger partial charge in [0.2, 0.25) is 18.2 Å². The van der Waals surface area contributed by atoms with E-state index in [0.29, 0.717) is 0 Å². The van der Waals surface area contributed by atoms with Crippen LogP contribution in [-0.4, -0.2) is 105 Å². The van der Waals surface area contributed by atoms with E-state index in [1.165, 1.54) is 16.1 Å². The van der Waals surface area contributed by atoms with Crippen LogP contribution in [0.25, 0.3) is 11.2 Å². The molecular formula is C17H26N5O15P2+. The molecule has 39 heavy (non-hydrogen) atoms. The highest BCUT2D eigenvalue weighted by Crippen LogP contribution is 2.57. The Hall–Kier alpha value is -2.16. The first-order chi connectivity index (χ1) is 18.1. The molecule has 2 aliphatic rings. The van der Waals surface area contributed by atoms with E-state index in [1.54, 1.807) is 0 Å². The maximum absolute atomic E-state index is 11.7. The van der Waals surface area contributed by atoms with Crippen molar-refractivity contribution in [2.75, 3.05) is 18.9 Å². The van der Waals surface area contributed by atoms with E-state index in [4.69, 9.17) is 29.7 Å². The van der Waals surface area contributed by atoms with E-state index in [1.807, 2.05) is 0 Å². The van der Waals surface area contributed by atoms with Gasteiger partial charge in [0.25, 0.3) is 5.82 Å². The molecule has 218 valence electrons. The number of aliphatic hydroxyl groups is 4. The molecule has 0 saturated carbocycles. The Balaban J connectivity index is 1.52. The molecule has 2 aliphatic heterocycles. The number of esters is 1. The zero-order chi connectivity index (χ0) is 28.9. The monoisotopic (exact) mass is 602 g/mol. The maximum atomic E-state index is 11.7. The number of hydrogen-bond donors (Lipinski definition) is 8. The fourth-order valence-electron chi connectivity index (χ4n) is 4.07. The van der Waals surface area contributed by atoms with Crippen LogP contribution in [0, 0.1) is 0 Å². The first-order valence-corrected chi connectivity index (χ1v) is 14.0.